The molecule has 8 aromatic carbocycles. The van der Waals surface area contributed by atoms with Crippen LogP contribution in [0.1, 0.15) is 54.2 Å². The maximum absolute atomic E-state index is 13.6. The molecular weight excluding hydrogens is 1560 g/mol. The number of halogens is 3. The van der Waals surface area contributed by atoms with E-state index in [2.05, 4.69) is 46.0 Å². The van der Waals surface area contributed by atoms with Crippen LogP contribution in [0.5, 0.6) is 74.7 Å². The van der Waals surface area contributed by atoms with Crippen molar-refractivity contribution in [2.45, 2.75) is 64.9 Å². The molecule has 0 aromatic heterocycles. The predicted molar refractivity (Wildman–Crippen MR) is 425 cm³/mol. The average Bonchev–Trinajstić information content (AvgIpc) is 0.786. The lowest BCUT2D eigenvalue weighted by molar-refractivity contribution is -0.0841. The molecule has 27 nitrogen and oxygen atoms in total. The minimum atomic E-state index is -4.27. The monoisotopic (exact) mass is 1660 g/mol. The predicted octanol–water partition coefficient (Wildman–Crippen LogP) is 13.2. The normalized spacial score (nSPS) is 11.0. The van der Waals surface area contributed by atoms with Crippen molar-refractivity contribution < 1.29 is 109 Å². The highest BCUT2D eigenvalue weighted by Crippen LogP contribution is 2.34. The molecule has 0 fully saturated rings. The first-order chi connectivity index (χ1) is 51.8. The van der Waals surface area contributed by atoms with Gasteiger partial charge in [0.05, 0.1) is 113 Å². The molecule has 0 aliphatic heterocycles. The first-order valence-corrected chi connectivity index (χ1v) is 41.7. The molecular formula is C75H102ClF2N5O22S5. The van der Waals surface area contributed by atoms with E-state index >= 15 is 0 Å². The summed E-state index contributed by atoms with van der Waals surface area (Å²) in [5.74, 6) is 8.28. The first kappa shape index (κ1) is 97.3. The van der Waals surface area contributed by atoms with Crippen molar-refractivity contribution >= 4 is 62.0 Å². The van der Waals surface area contributed by atoms with E-state index in [1.54, 1.807) is 166 Å². The summed E-state index contributed by atoms with van der Waals surface area (Å²) in [7, 11) is 9.07. The van der Waals surface area contributed by atoms with E-state index < -0.39 is 43.1 Å². The highest BCUT2D eigenvalue weighted by atomic mass is 35.7. The number of para-hydroxylation sites is 1. The highest BCUT2D eigenvalue weighted by Gasteiger charge is 2.28. The number of ether oxygens (including phenoxy) is 12. The van der Waals surface area contributed by atoms with Gasteiger partial charge in [0.2, 0.25) is 29.1 Å². The molecule has 0 heterocycles. The molecule has 0 bridgehead atoms. The number of hydrogen-bond donors (Lipinski definition) is 1. The van der Waals surface area contributed by atoms with Crippen LogP contribution < -0.4 is 67.0 Å². The van der Waals surface area contributed by atoms with E-state index in [0.717, 1.165) is 62.6 Å². The van der Waals surface area contributed by atoms with Crippen LogP contribution in [0.2, 0.25) is 0 Å². The first-order valence-electron chi connectivity index (χ1n) is 33.1. The molecule has 8 aromatic rings. The van der Waals surface area contributed by atoms with E-state index in [4.69, 9.17) is 61.7 Å². The second kappa shape index (κ2) is 50.2. The molecule has 0 radical (unpaired) electrons. The van der Waals surface area contributed by atoms with Crippen molar-refractivity contribution in [3.8, 4) is 74.7 Å². The average molecular weight is 1660 g/mol. The van der Waals surface area contributed by atoms with Gasteiger partial charge in [0.15, 0.2) is 18.0 Å². The Balaban J connectivity index is 0.000000474. The fraction of sp³-hybridized carbons (Fsp3) is 0.360. The maximum Gasteiger partial charge on any atom is 0.281 e. The Bertz CT molecular complexity index is 4160. The van der Waals surface area contributed by atoms with Crippen molar-refractivity contribution in [1.82, 2.24) is 22.8 Å². The lowest BCUT2D eigenvalue weighted by Crippen LogP contribution is -2.29. The van der Waals surface area contributed by atoms with Crippen LogP contribution in [0, 0.1) is 0 Å². The van der Waals surface area contributed by atoms with Gasteiger partial charge < -0.3 is 71.9 Å². The van der Waals surface area contributed by atoms with Gasteiger partial charge in [-0.3, -0.25) is 4.70 Å². The molecule has 0 amide bonds. The molecule has 0 saturated carbocycles. The smallest absolute Gasteiger partial charge is 0.281 e. The van der Waals surface area contributed by atoms with E-state index in [-0.39, 0.29) is 48.0 Å². The molecule has 0 atom stereocenters. The number of methoxy groups -OCH3 is 12. The Labute approximate surface area is 656 Å². The largest absolute Gasteiger partial charge is 0.497 e. The zero-order chi connectivity index (χ0) is 81.3. The van der Waals surface area contributed by atoms with Crippen LogP contribution in [0.25, 0.3) is 0 Å². The summed E-state index contributed by atoms with van der Waals surface area (Å²) in [4.78, 5) is 6.92. The van der Waals surface area contributed by atoms with E-state index in [1.165, 1.54) is 93.5 Å². The number of nitrogens with zero attached hydrogens (tertiary/aromatic N) is 4. The van der Waals surface area contributed by atoms with Gasteiger partial charge >= 0.3 is 0 Å². The summed E-state index contributed by atoms with van der Waals surface area (Å²) in [5.41, 5.74) is 5.07. The number of benzene rings is 8. The fourth-order valence-electron chi connectivity index (χ4n) is 9.54. The molecule has 0 unspecified atom stereocenters. The van der Waals surface area contributed by atoms with Crippen molar-refractivity contribution in [2.75, 3.05) is 124 Å². The van der Waals surface area contributed by atoms with Crippen LogP contribution >= 0.6 is 22.9 Å². The van der Waals surface area contributed by atoms with E-state index in [0.29, 0.717) is 64.8 Å². The molecule has 110 heavy (non-hydrogen) atoms. The Morgan fingerprint density at radius 1 is 0.364 bits per heavy atom. The Morgan fingerprint density at radius 3 is 0.836 bits per heavy atom. The minimum Gasteiger partial charge on any atom is -0.497 e. The zero-order valence-electron chi connectivity index (χ0n) is 65.0. The topological polar surface area (TPSA) is 291 Å². The summed E-state index contributed by atoms with van der Waals surface area (Å²) < 4.78 is 176. The lowest BCUT2D eigenvalue weighted by Gasteiger charge is -2.22. The molecule has 35 heteroatoms. The molecule has 1 N–H and O–H groups in total. The van der Waals surface area contributed by atoms with Crippen LogP contribution in [0.4, 0.5) is 9.19 Å². The standard InChI is InChI=1S/2C19H25NO6S.C18H23NO4.C12H10FNO4S2.C6H15N.CH3ClO2S.FH/c2*1-23-16-8-6-14(18(10-16)25-3)12-20(27(5,21)22)13-15-7-9-17(24-2)11-19(15)26-4;1-20-15-7-5-13(17(9-15)22-3)11-19-12-14-6-8-16(21-2)10-18(14)23-4;13-14(19-18-17-11-7-3-1-4-8-11)20(15,16)12-9-5-2-6-10-12;1-4-7(5-2)6-3;1-5(2,3)4;/h2*6-11H,12-13H2,1-5H3;5-10,19H,11-12H2,1-4H3;1-10H;4-6H2,1-3H3;1H3;1H. The minimum absolute atomic E-state index is 0. The Kier molecular flexibility index (Phi) is 44.4. The van der Waals surface area contributed by atoms with Gasteiger partial charge in [-0.1, -0.05) is 97.9 Å². The summed E-state index contributed by atoms with van der Waals surface area (Å²) in [5, 5.41) is 3.40. The fourth-order valence-corrected chi connectivity index (χ4v) is 12.5. The van der Waals surface area contributed by atoms with Gasteiger partial charge in [0, 0.05) is 120 Å². The molecule has 0 saturated heterocycles. The van der Waals surface area contributed by atoms with Gasteiger partial charge in [-0.15, -0.1) is 4.48 Å². The number of rotatable bonds is 35. The molecule has 0 aliphatic carbocycles. The van der Waals surface area contributed by atoms with Crippen molar-refractivity contribution in [1.29, 1.82) is 0 Å². The van der Waals surface area contributed by atoms with Crippen molar-refractivity contribution in [3.63, 3.8) is 0 Å². The second-order valence-electron chi connectivity index (χ2n) is 22.6. The van der Waals surface area contributed by atoms with Gasteiger partial charge in [0.1, 0.15) is 69.0 Å². The molecule has 8 rings (SSSR count). The number of hydrogen-bond acceptors (Lipinski definition) is 25. The quantitative estimate of drug-likeness (QED) is 0.00964. The van der Waals surface area contributed by atoms with Crippen LogP contribution in [0.15, 0.2) is 175 Å². The zero-order valence-corrected chi connectivity index (χ0v) is 69.8. The molecule has 610 valence electrons. The van der Waals surface area contributed by atoms with Crippen LogP contribution in [-0.4, -0.2) is 175 Å². The third-order valence-electron chi connectivity index (χ3n) is 15.5. The Morgan fingerprint density at radius 2 is 0.609 bits per heavy atom. The summed E-state index contributed by atoms with van der Waals surface area (Å²) in [6.07, 6.45) is 3.28. The SMILES string of the molecule is CCN(CC)CC.COc1ccc(CN(Cc2ccc(OC)cc2OC)S(C)(=O)=O)c(OC)c1.COc1ccc(CN(Cc2ccc(OC)cc2OC)S(C)(=O)=O)c(OC)c1.COc1ccc(CNCc2ccc(OC)cc2OC)c(OC)c1.CS(=O)(=O)Cl.F.O=S(=O)(c1ccccc1)N(F)SOOc1ccccc1. The summed E-state index contributed by atoms with van der Waals surface area (Å²) in [6.45, 7) is 12.1. The third-order valence-corrected chi connectivity index (χ3v) is 20.1. The lowest BCUT2D eigenvalue weighted by atomic mass is 10.1. The van der Waals surface area contributed by atoms with Crippen molar-refractivity contribution in [2.24, 2.45) is 0 Å². The van der Waals surface area contributed by atoms with Crippen LogP contribution in [0.3, 0.4) is 0 Å². The second-order valence-corrected chi connectivity index (χ2v) is 32.2. The molecule has 0 spiro atoms. The van der Waals surface area contributed by atoms with Gasteiger partial charge in [-0.05, 0) is 80.3 Å². The maximum atomic E-state index is 13.6. The number of sulfonamides is 3. The highest BCUT2D eigenvalue weighted by molar-refractivity contribution is 8.13. The van der Waals surface area contributed by atoms with Crippen LogP contribution in [-0.2, 0) is 82.7 Å². The summed E-state index contributed by atoms with van der Waals surface area (Å²) >= 11 is -0.0705. The van der Waals surface area contributed by atoms with Gasteiger partial charge in [-0.2, -0.15) is 8.61 Å². The molecule has 0 aliphatic rings. The van der Waals surface area contributed by atoms with Gasteiger partial charge in [-0.25, -0.2) is 33.7 Å². The van der Waals surface area contributed by atoms with Gasteiger partial charge in [0.25, 0.3) is 10.0 Å². The summed E-state index contributed by atoms with van der Waals surface area (Å²) in [6, 6.07) is 48.2. The van der Waals surface area contributed by atoms with E-state index in [1.807, 2.05) is 36.4 Å². The van der Waals surface area contributed by atoms with Crippen molar-refractivity contribution in [3.05, 3.63) is 203 Å². The third kappa shape index (κ3) is 34.2. The number of nitrogens with one attached hydrogen (secondary N) is 1. The van der Waals surface area contributed by atoms with E-state index in [9.17, 15) is 38.2 Å². The Hall–Kier alpha value is -8.78.